The van der Waals surface area contributed by atoms with E-state index in [-0.39, 0.29) is 5.54 Å². The van der Waals surface area contributed by atoms with Gasteiger partial charge in [-0.2, -0.15) is 5.10 Å². The molecule has 0 aromatic heterocycles. The number of ether oxygens (including phenoxy) is 1. The largest absolute Gasteiger partial charge is 0.497 e. The molecule has 1 saturated carbocycles. The van der Waals surface area contributed by atoms with Gasteiger partial charge in [0.1, 0.15) is 5.75 Å². The van der Waals surface area contributed by atoms with Crippen molar-refractivity contribution >= 4 is 23.6 Å². The molecule has 0 saturated heterocycles. The minimum atomic E-state index is -0.766. The Morgan fingerprint density at radius 3 is 2.57 bits per heavy atom. The number of fused-ring (bicyclic) bond motifs is 1. The molecule has 30 heavy (non-hydrogen) atoms. The van der Waals surface area contributed by atoms with Crippen LogP contribution in [0.3, 0.4) is 0 Å². The molecule has 0 unspecified atom stereocenters. The van der Waals surface area contributed by atoms with Crippen molar-refractivity contribution in [2.45, 2.75) is 37.6 Å². The molecule has 2 N–H and O–H groups in total. The van der Waals surface area contributed by atoms with E-state index < -0.39 is 11.7 Å². The fourth-order valence-corrected chi connectivity index (χ4v) is 4.27. The van der Waals surface area contributed by atoms with Gasteiger partial charge >= 0.3 is 5.91 Å². The summed E-state index contributed by atoms with van der Waals surface area (Å²) in [4.78, 5) is 24.8. The third-order valence-electron chi connectivity index (χ3n) is 5.79. The van der Waals surface area contributed by atoms with Crippen molar-refractivity contribution in [2.24, 2.45) is 5.10 Å². The van der Waals surface area contributed by atoms with Crippen LogP contribution in [-0.2, 0) is 16.0 Å². The molecule has 0 atom stereocenters. The highest BCUT2D eigenvalue weighted by Crippen LogP contribution is 2.39. The first-order chi connectivity index (χ1) is 14.6. The standard InChI is InChI=1S/C24H25N3O3/c1-30-19-10-8-17(9-11-19)16-25-27-23(29)22(28)14-21-20-7-3-2-6-18(20)15-24(26-21)12-4-5-13-24/h2-3,6-11,14,16,26H,4-5,12-13,15H2,1H3,(H,27,29)/b21-14-,25-16-. The molecule has 1 aliphatic carbocycles. The number of hydrazone groups is 1. The van der Waals surface area contributed by atoms with Crippen molar-refractivity contribution in [3.8, 4) is 5.75 Å². The van der Waals surface area contributed by atoms with Crippen LogP contribution in [0.4, 0.5) is 0 Å². The first-order valence-corrected chi connectivity index (χ1v) is 10.2. The van der Waals surface area contributed by atoms with E-state index in [1.807, 2.05) is 30.3 Å². The topological polar surface area (TPSA) is 79.8 Å². The molecule has 0 bridgehead atoms. The number of hydrogen-bond donors (Lipinski definition) is 2. The molecule has 1 spiro atoms. The Kier molecular flexibility index (Phi) is 5.65. The summed E-state index contributed by atoms with van der Waals surface area (Å²) in [6.07, 6.45) is 8.34. The molecule has 6 nitrogen and oxygen atoms in total. The molecule has 2 aliphatic rings. The first kappa shape index (κ1) is 19.9. The number of methoxy groups -OCH3 is 1. The van der Waals surface area contributed by atoms with E-state index in [1.54, 1.807) is 19.2 Å². The molecule has 154 valence electrons. The lowest BCUT2D eigenvalue weighted by molar-refractivity contribution is -0.135. The lowest BCUT2D eigenvalue weighted by Crippen LogP contribution is -2.47. The van der Waals surface area contributed by atoms with Gasteiger partial charge in [0.2, 0.25) is 5.78 Å². The second kappa shape index (κ2) is 8.53. The second-order valence-electron chi connectivity index (χ2n) is 7.84. The Morgan fingerprint density at radius 1 is 1.10 bits per heavy atom. The van der Waals surface area contributed by atoms with Crippen LogP contribution in [-0.4, -0.2) is 30.6 Å². The van der Waals surface area contributed by atoms with Crippen LogP contribution >= 0.6 is 0 Å². The van der Waals surface area contributed by atoms with E-state index in [0.29, 0.717) is 0 Å². The molecule has 1 aliphatic heterocycles. The average Bonchev–Trinajstić information content (AvgIpc) is 3.21. The Hall–Kier alpha value is -3.41. The van der Waals surface area contributed by atoms with E-state index in [1.165, 1.54) is 30.7 Å². The molecule has 0 radical (unpaired) electrons. The summed E-state index contributed by atoms with van der Waals surface area (Å²) in [7, 11) is 1.59. The van der Waals surface area contributed by atoms with Crippen molar-refractivity contribution in [3.63, 3.8) is 0 Å². The zero-order valence-corrected chi connectivity index (χ0v) is 17.0. The number of nitrogens with zero attached hydrogens (tertiary/aromatic N) is 1. The first-order valence-electron chi connectivity index (χ1n) is 10.2. The molecule has 2 aromatic rings. The van der Waals surface area contributed by atoms with Crippen LogP contribution < -0.4 is 15.5 Å². The Labute approximate surface area is 176 Å². The summed E-state index contributed by atoms with van der Waals surface area (Å²) < 4.78 is 5.10. The molecule has 1 fully saturated rings. The van der Waals surface area contributed by atoms with Gasteiger partial charge in [-0.05, 0) is 54.7 Å². The van der Waals surface area contributed by atoms with Crippen molar-refractivity contribution in [3.05, 3.63) is 71.3 Å². The lowest BCUT2D eigenvalue weighted by Gasteiger charge is -2.38. The SMILES string of the molecule is COc1ccc(/C=N\NC(=O)C(=O)/C=C2\NC3(CCCC3)Cc3ccccc32)cc1. The summed E-state index contributed by atoms with van der Waals surface area (Å²) in [5.41, 5.74) is 6.01. The van der Waals surface area contributed by atoms with E-state index in [9.17, 15) is 9.59 Å². The van der Waals surface area contributed by atoms with Gasteiger partial charge in [-0.15, -0.1) is 0 Å². The van der Waals surface area contributed by atoms with Gasteiger partial charge in [-0.3, -0.25) is 9.59 Å². The fourth-order valence-electron chi connectivity index (χ4n) is 4.27. The number of nitrogens with one attached hydrogen (secondary N) is 2. The summed E-state index contributed by atoms with van der Waals surface area (Å²) >= 11 is 0. The molecular formula is C24H25N3O3. The van der Waals surface area contributed by atoms with Gasteiger partial charge in [-0.1, -0.05) is 37.1 Å². The van der Waals surface area contributed by atoms with Crippen LogP contribution in [0, 0.1) is 0 Å². The number of amides is 1. The smallest absolute Gasteiger partial charge is 0.311 e. The van der Waals surface area contributed by atoms with E-state index >= 15 is 0 Å². The van der Waals surface area contributed by atoms with Crippen LogP contribution in [0.15, 0.2) is 59.7 Å². The van der Waals surface area contributed by atoms with Gasteiger partial charge in [0.25, 0.3) is 0 Å². The van der Waals surface area contributed by atoms with Gasteiger partial charge in [0.05, 0.1) is 13.3 Å². The number of carbonyl (C=O) groups excluding carboxylic acids is 2. The highest BCUT2D eigenvalue weighted by atomic mass is 16.5. The lowest BCUT2D eigenvalue weighted by atomic mass is 9.82. The third-order valence-corrected chi connectivity index (χ3v) is 5.79. The Balaban J connectivity index is 1.47. The summed E-state index contributed by atoms with van der Waals surface area (Å²) in [6.45, 7) is 0. The summed E-state index contributed by atoms with van der Waals surface area (Å²) in [6, 6.07) is 15.3. The van der Waals surface area contributed by atoms with Gasteiger partial charge in [0, 0.05) is 22.9 Å². The van der Waals surface area contributed by atoms with Gasteiger partial charge in [-0.25, -0.2) is 5.43 Å². The van der Waals surface area contributed by atoms with Crippen molar-refractivity contribution in [1.82, 2.24) is 10.7 Å². The van der Waals surface area contributed by atoms with E-state index in [2.05, 4.69) is 21.9 Å². The van der Waals surface area contributed by atoms with Crippen LogP contribution in [0.1, 0.15) is 42.4 Å². The average molecular weight is 403 g/mol. The minimum absolute atomic E-state index is 0.0105. The maximum atomic E-state index is 12.5. The highest BCUT2D eigenvalue weighted by molar-refractivity contribution is 6.41. The molecular weight excluding hydrogens is 378 g/mol. The van der Waals surface area contributed by atoms with Crippen molar-refractivity contribution in [1.29, 1.82) is 0 Å². The predicted octanol–water partition coefficient (Wildman–Crippen LogP) is 3.21. The molecule has 6 heteroatoms. The maximum Gasteiger partial charge on any atom is 0.311 e. The maximum absolute atomic E-state index is 12.5. The fraction of sp³-hybridized carbons (Fsp3) is 0.292. The van der Waals surface area contributed by atoms with Crippen LogP contribution in [0.5, 0.6) is 5.75 Å². The van der Waals surface area contributed by atoms with E-state index in [0.717, 1.165) is 41.8 Å². The number of carbonyl (C=O) groups is 2. The van der Waals surface area contributed by atoms with Crippen molar-refractivity contribution < 1.29 is 14.3 Å². The number of ketones is 1. The number of rotatable bonds is 5. The second-order valence-corrected chi connectivity index (χ2v) is 7.84. The molecule has 4 rings (SSSR count). The quantitative estimate of drug-likeness (QED) is 0.348. The molecule has 1 heterocycles. The van der Waals surface area contributed by atoms with Gasteiger partial charge < -0.3 is 10.1 Å². The van der Waals surface area contributed by atoms with E-state index in [4.69, 9.17) is 4.74 Å². The number of benzene rings is 2. The third kappa shape index (κ3) is 4.27. The predicted molar refractivity (Wildman–Crippen MR) is 116 cm³/mol. The normalized spacial score (nSPS) is 18.2. The van der Waals surface area contributed by atoms with Gasteiger partial charge in [0.15, 0.2) is 0 Å². The van der Waals surface area contributed by atoms with Crippen LogP contribution in [0.25, 0.3) is 5.70 Å². The Morgan fingerprint density at radius 2 is 1.83 bits per heavy atom. The zero-order chi connectivity index (χ0) is 21.0. The van der Waals surface area contributed by atoms with Crippen LogP contribution in [0.2, 0.25) is 0 Å². The Bertz CT molecular complexity index is 1000. The molecule has 2 aromatic carbocycles. The number of hydrogen-bond acceptors (Lipinski definition) is 5. The van der Waals surface area contributed by atoms with Crippen molar-refractivity contribution in [2.75, 3.05) is 7.11 Å². The molecule has 1 amide bonds. The summed E-state index contributed by atoms with van der Waals surface area (Å²) in [5.74, 6) is -0.662. The zero-order valence-electron chi connectivity index (χ0n) is 17.0. The highest BCUT2D eigenvalue weighted by Gasteiger charge is 2.38. The monoisotopic (exact) mass is 403 g/mol. The minimum Gasteiger partial charge on any atom is -0.497 e. The summed E-state index contributed by atoms with van der Waals surface area (Å²) in [5, 5.41) is 7.46.